The van der Waals surface area contributed by atoms with Gasteiger partial charge in [-0.3, -0.25) is 4.90 Å². The second-order valence-electron chi connectivity index (χ2n) is 8.37. The second kappa shape index (κ2) is 8.23. The lowest BCUT2D eigenvalue weighted by Gasteiger charge is -2.36. The van der Waals surface area contributed by atoms with Crippen molar-refractivity contribution in [1.82, 2.24) is 4.90 Å². The molecule has 0 saturated heterocycles. The first kappa shape index (κ1) is 19.4. The third-order valence-electron chi connectivity index (χ3n) is 6.18. The number of fused-ring (bicyclic) bond motifs is 1. The molecule has 1 nitrogen and oxygen atoms in total. The van der Waals surface area contributed by atoms with Crippen molar-refractivity contribution in [2.75, 3.05) is 7.05 Å². The molecule has 4 aromatic carbocycles. The highest BCUT2D eigenvalue weighted by atomic mass is 15.2. The largest absolute Gasteiger partial charge is 0.293 e. The monoisotopic (exact) mass is 379 g/mol. The van der Waals surface area contributed by atoms with Crippen LogP contribution in [0.3, 0.4) is 0 Å². The lowest BCUT2D eigenvalue weighted by atomic mass is 9.91. The van der Waals surface area contributed by atoms with Crippen molar-refractivity contribution in [2.45, 2.75) is 32.4 Å². The summed E-state index contributed by atoms with van der Waals surface area (Å²) in [7, 11) is 2.22. The highest BCUT2D eigenvalue weighted by molar-refractivity contribution is 5.89. The predicted octanol–water partition coefficient (Wildman–Crippen LogP) is 6.80. The maximum atomic E-state index is 2.45. The summed E-state index contributed by atoms with van der Waals surface area (Å²) in [6, 6.07) is 35.0. The fourth-order valence-electron chi connectivity index (χ4n) is 4.05. The molecule has 29 heavy (non-hydrogen) atoms. The molecule has 0 amide bonds. The van der Waals surface area contributed by atoms with Gasteiger partial charge in [0.05, 0.1) is 0 Å². The molecular formula is C28H29N. The van der Waals surface area contributed by atoms with Crippen LogP contribution in [0.5, 0.6) is 0 Å². The molecule has 0 spiro atoms. The molecule has 0 unspecified atom stereocenters. The smallest absolute Gasteiger partial charge is 0.0404 e. The first-order valence-electron chi connectivity index (χ1n) is 10.4. The van der Waals surface area contributed by atoms with Gasteiger partial charge in [-0.1, -0.05) is 97.1 Å². The summed E-state index contributed by atoms with van der Waals surface area (Å²) in [6.45, 7) is 5.51. The average Bonchev–Trinajstić information content (AvgIpc) is 2.76. The fraction of sp³-hybridized carbons (Fsp3) is 0.214. The molecule has 0 aromatic heterocycles. The van der Waals surface area contributed by atoms with Crippen molar-refractivity contribution in [2.24, 2.45) is 0 Å². The first-order valence-corrected chi connectivity index (χ1v) is 10.4. The van der Waals surface area contributed by atoms with Crippen LogP contribution >= 0.6 is 0 Å². The Bertz CT molecular complexity index is 1080. The lowest BCUT2D eigenvalue weighted by molar-refractivity contribution is 0.148. The van der Waals surface area contributed by atoms with Crippen molar-refractivity contribution in [3.63, 3.8) is 0 Å². The maximum absolute atomic E-state index is 2.45. The van der Waals surface area contributed by atoms with Crippen LogP contribution in [0.25, 0.3) is 10.8 Å². The zero-order valence-electron chi connectivity index (χ0n) is 17.6. The van der Waals surface area contributed by atoms with Gasteiger partial charge in [-0.2, -0.15) is 0 Å². The van der Waals surface area contributed by atoms with Gasteiger partial charge in [0.15, 0.2) is 0 Å². The van der Waals surface area contributed by atoms with E-state index in [2.05, 4.69) is 123 Å². The van der Waals surface area contributed by atoms with Gasteiger partial charge < -0.3 is 0 Å². The molecule has 0 saturated carbocycles. The van der Waals surface area contributed by atoms with E-state index < -0.39 is 0 Å². The van der Waals surface area contributed by atoms with E-state index in [9.17, 15) is 0 Å². The van der Waals surface area contributed by atoms with Crippen molar-refractivity contribution in [1.29, 1.82) is 0 Å². The summed E-state index contributed by atoms with van der Waals surface area (Å²) < 4.78 is 0. The molecule has 4 aromatic rings. The number of benzene rings is 4. The quantitative estimate of drug-likeness (QED) is 0.356. The van der Waals surface area contributed by atoms with Crippen molar-refractivity contribution < 1.29 is 0 Å². The van der Waals surface area contributed by atoms with E-state index in [1.165, 1.54) is 33.0 Å². The molecule has 0 aliphatic heterocycles. The Morgan fingerprint density at radius 1 is 0.621 bits per heavy atom. The summed E-state index contributed by atoms with van der Waals surface area (Å²) in [5, 5.41) is 2.72. The highest BCUT2D eigenvalue weighted by Gasteiger charge is 2.26. The van der Waals surface area contributed by atoms with Gasteiger partial charge in [-0.05, 0) is 60.3 Å². The zero-order chi connectivity index (χ0) is 20.3. The number of rotatable bonds is 6. The molecule has 0 radical (unpaired) electrons. The van der Waals surface area contributed by atoms with Crippen molar-refractivity contribution in [3.8, 4) is 0 Å². The molecule has 0 aliphatic rings. The van der Waals surface area contributed by atoms with E-state index in [1.807, 2.05) is 0 Å². The number of hydrogen-bond acceptors (Lipinski definition) is 1. The summed E-state index contributed by atoms with van der Waals surface area (Å²) in [4.78, 5) is 2.45. The number of hydrogen-bond donors (Lipinski definition) is 0. The fourth-order valence-corrected chi connectivity index (χ4v) is 4.05. The zero-order valence-corrected chi connectivity index (χ0v) is 17.6. The molecule has 0 aliphatic carbocycles. The molecule has 146 valence electrons. The molecule has 0 N–H and O–H groups in total. The third-order valence-corrected chi connectivity index (χ3v) is 6.18. The summed E-state index contributed by atoms with van der Waals surface area (Å²) >= 11 is 0. The third kappa shape index (κ3) is 4.11. The Hall–Kier alpha value is -2.90. The van der Waals surface area contributed by atoms with Gasteiger partial charge in [-0.15, -0.1) is 0 Å². The molecule has 0 bridgehead atoms. The summed E-state index contributed by atoms with van der Waals surface area (Å²) in [5.41, 5.74) is 5.43. The van der Waals surface area contributed by atoms with E-state index in [1.54, 1.807) is 0 Å². The summed E-state index contributed by atoms with van der Waals surface area (Å²) in [5.74, 6) is 0. The topological polar surface area (TPSA) is 3.24 Å². The summed E-state index contributed by atoms with van der Waals surface area (Å²) in [6.07, 6.45) is 0.965. The van der Waals surface area contributed by atoms with Crippen LogP contribution < -0.4 is 0 Å². The van der Waals surface area contributed by atoms with Gasteiger partial charge in [-0.25, -0.2) is 0 Å². The standard InChI is InChI=1S/C28H29N/c1-28(2,25-14-8-5-9-15-25)29(3)21-24-19-18-23(20-22-12-6-4-7-13-22)26-16-10-11-17-27(24)26/h4-19H,20-21H2,1-3H3. The minimum absolute atomic E-state index is 0.0366. The Labute approximate surface area is 174 Å². The van der Waals surface area contributed by atoms with Crippen LogP contribution in [0.4, 0.5) is 0 Å². The van der Waals surface area contributed by atoms with Gasteiger partial charge in [0.25, 0.3) is 0 Å². The Morgan fingerprint density at radius 2 is 1.14 bits per heavy atom. The first-order chi connectivity index (χ1) is 14.1. The van der Waals surface area contributed by atoms with Crippen LogP contribution in [-0.2, 0) is 18.5 Å². The number of nitrogens with zero attached hydrogens (tertiary/aromatic N) is 1. The SMILES string of the molecule is CN(Cc1ccc(Cc2ccccc2)c2ccccc12)C(C)(C)c1ccccc1. The molecule has 0 atom stereocenters. The van der Waals surface area contributed by atoms with E-state index in [0.717, 1.165) is 13.0 Å². The Balaban J connectivity index is 1.66. The van der Waals surface area contributed by atoms with Gasteiger partial charge in [0, 0.05) is 12.1 Å². The lowest BCUT2D eigenvalue weighted by Crippen LogP contribution is -2.38. The molecule has 0 fully saturated rings. The molecular weight excluding hydrogens is 350 g/mol. The average molecular weight is 380 g/mol. The van der Waals surface area contributed by atoms with Gasteiger partial charge >= 0.3 is 0 Å². The Morgan fingerprint density at radius 3 is 1.79 bits per heavy atom. The van der Waals surface area contributed by atoms with Crippen molar-refractivity contribution >= 4 is 10.8 Å². The predicted molar refractivity (Wildman–Crippen MR) is 124 cm³/mol. The van der Waals surface area contributed by atoms with E-state index in [4.69, 9.17) is 0 Å². The second-order valence-corrected chi connectivity index (χ2v) is 8.37. The Kier molecular flexibility index (Phi) is 5.51. The molecule has 0 heterocycles. The van der Waals surface area contributed by atoms with Crippen LogP contribution in [0, 0.1) is 0 Å². The van der Waals surface area contributed by atoms with E-state index in [0.29, 0.717) is 0 Å². The van der Waals surface area contributed by atoms with E-state index >= 15 is 0 Å². The minimum Gasteiger partial charge on any atom is -0.293 e. The molecule has 4 rings (SSSR count). The van der Waals surface area contributed by atoms with Crippen LogP contribution in [0.1, 0.15) is 36.1 Å². The highest BCUT2D eigenvalue weighted by Crippen LogP contribution is 2.31. The van der Waals surface area contributed by atoms with Gasteiger partial charge in [0.1, 0.15) is 0 Å². The van der Waals surface area contributed by atoms with Crippen molar-refractivity contribution in [3.05, 3.63) is 119 Å². The van der Waals surface area contributed by atoms with Crippen LogP contribution in [0.15, 0.2) is 97.1 Å². The minimum atomic E-state index is -0.0366. The maximum Gasteiger partial charge on any atom is 0.0404 e. The van der Waals surface area contributed by atoms with Crippen LogP contribution in [-0.4, -0.2) is 11.9 Å². The van der Waals surface area contributed by atoms with Gasteiger partial charge in [0.2, 0.25) is 0 Å². The normalized spacial score (nSPS) is 11.9. The van der Waals surface area contributed by atoms with Crippen LogP contribution in [0.2, 0.25) is 0 Å². The van der Waals surface area contributed by atoms with E-state index in [-0.39, 0.29) is 5.54 Å². The molecule has 1 heteroatoms.